The van der Waals surface area contributed by atoms with Gasteiger partial charge in [0.1, 0.15) is 5.82 Å². The summed E-state index contributed by atoms with van der Waals surface area (Å²) in [6.07, 6.45) is 3.53. The molecule has 126 valence electrons. The number of oxazole rings is 1. The number of hydrogen-bond donors (Lipinski definition) is 1. The van der Waals surface area contributed by atoms with E-state index >= 15 is 0 Å². The lowest BCUT2D eigenvalue weighted by Crippen LogP contribution is -2.17. The fourth-order valence-electron chi connectivity index (χ4n) is 2.18. The summed E-state index contributed by atoms with van der Waals surface area (Å²) in [5, 5.41) is 7.12. The van der Waals surface area contributed by atoms with E-state index in [1.807, 2.05) is 0 Å². The van der Waals surface area contributed by atoms with Crippen LogP contribution in [-0.2, 0) is 12.3 Å². The van der Waals surface area contributed by atoms with Crippen LogP contribution in [0.25, 0.3) is 11.3 Å². The van der Waals surface area contributed by atoms with Crippen molar-refractivity contribution in [3.05, 3.63) is 52.7 Å². The SMILES string of the molecule is CCCCn1c(SCc2ncc(-c3ccc(F)cc3)o2)n[nH]c1=O. The molecule has 1 aromatic carbocycles. The molecule has 6 nitrogen and oxygen atoms in total. The average molecular weight is 348 g/mol. The van der Waals surface area contributed by atoms with Crippen molar-refractivity contribution in [3.8, 4) is 11.3 Å². The fraction of sp³-hybridized carbons (Fsp3) is 0.312. The molecule has 24 heavy (non-hydrogen) atoms. The largest absolute Gasteiger partial charge is 0.440 e. The summed E-state index contributed by atoms with van der Waals surface area (Å²) in [5.41, 5.74) is 0.560. The van der Waals surface area contributed by atoms with Gasteiger partial charge in [0.25, 0.3) is 0 Å². The molecule has 0 bridgehead atoms. The Balaban J connectivity index is 1.68. The summed E-state index contributed by atoms with van der Waals surface area (Å²) in [5.74, 6) is 1.27. The number of hydrogen-bond acceptors (Lipinski definition) is 5. The molecule has 0 unspecified atom stereocenters. The molecule has 2 aromatic heterocycles. The Morgan fingerprint density at radius 2 is 2.12 bits per heavy atom. The van der Waals surface area contributed by atoms with E-state index in [1.165, 1.54) is 23.9 Å². The van der Waals surface area contributed by atoms with Gasteiger partial charge < -0.3 is 4.42 Å². The first-order chi connectivity index (χ1) is 11.7. The van der Waals surface area contributed by atoms with E-state index in [2.05, 4.69) is 22.1 Å². The van der Waals surface area contributed by atoms with E-state index in [9.17, 15) is 9.18 Å². The topological polar surface area (TPSA) is 76.7 Å². The molecule has 0 saturated heterocycles. The number of H-pyrrole nitrogens is 1. The zero-order chi connectivity index (χ0) is 16.9. The molecule has 0 amide bonds. The Bertz CT molecular complexity index is 854. The summed E-state index contributed by atoms with van der Waals surface area (Å²) in [7, 11) is 0. The van der Waals surface area contributed by atoms with Gasteiger partial charge in [0, 0.05) is 12.1 Å². The van der Waals surface area contributed by atoms with E-state index in [-0.39, 0.29) is 11.5 Å². The molecule has 1 N–H and O–H groups in total. The Labute approximate surface area is 142 Å². The molecule has 0 atom stereocenters. The van der Waals surface area contributed by atoms with Gasteiger partial charge in [0.2, 0.25) is 5.89 Å². The first-order valence-corrected chi connectivity index (χ1v) is 8.64. The molecule has 3 rings (SSSR count). The normalized spacial score (nSPS) is 11.1. The predicted octanol–water partition coefficient (Wildman–Crippen LogP) is 3.46. The van der Waals surface area contributed by atoms with Gasteiger partial charge in [-0.2, -0.15) is 0 Å². The molecule has 8 heteroatoms. The summed E-state index contributed by atoms with van der Waals surface area (Å²) in [6, 6.07) is 6.04. The lowest BCUT2D eigenvalue weighted by Gasteiger charge is -2.02. The lowest BCUT2D eigenvalue weighted by atomic mass is 10.2. The minimum absolute atomic E-state index is 0.203. The van der Waals surface area contributed by atoms with E-state index < -0.39 is 0 Å². The zero-order valence-electron chi connectivity index (χ0n) is 13.2. The Hall–Kier alpha value is -2.35. The smallest absolute Gasteiger partial charge is 0.343 e. The highest BCUT2D eigenvalue weighted by molar-refractivity contribution is 7.98. The van der Waals surface area contributed by atoms with Gasteiger partial charge in [-0.25, -0.2) is 19.3 Å². The maximum atomic E-state index is 13.0. The quantitative estimate of drug-likeness (QED) is 0.662. The van der Waals surface area contributed by atoms with E-state index in [0.717, 1.165) is 18.4 Å². The van der Waals surface area contributed by atoms with Crippen LogP contribution in [0.5, 0.6) is 0 Å². The monoisotopic (exact) mass is 348 g/mol. The van der Waals surface area contributed by atoms with Crippen LogP contribution in [0.1, 0.15) is 25.7 Å². The van der Waals surface area contributed by atoms with E-state index in [0.29, 0.717) is 29.1 Å². The number of unbranched alkanes of at least 4 members (excludes halogenated alkanes) is 1. The third-order valence-electron chi connectivity index (χ3n) is 3.47. The molecule has 2 heterocycles. The molecule has 0 spiro atoms. The molecule has 0 aliphatic carbocycles. The molecule has 0 saturated carbocycles. The molecule has 3 aromatic rings. The highest BCUT2D eigenvalue weighted by Gasteiger charge is 2.12. The summed E-state index contributed by atoms with van der Waals surface area (Å²) in [4.78, 5) is 16.0. The first-order valence-electron chi connectivity index (χ1n) is 7.66. The van der Waals surface area contributed by atoms with Crippen molar-refractivity contribution in [3.63, 3.8) is 0 Å². The van der Waals surface area contributed by atoms with Crippen LogP contribution in [0.15, 0.2) is 44.8 Å². The summed E-state index contributed by atoms with van der Waals surface area (Å²) in [6.45, 7) is 2.71. The third-order valence-corrected chi connectivity index (χ3v) is 4.43. The van der Waals surface area contributed by atoms with Gasteiger partial charge in [-0.05, 0) is 30.7 Å². The highest BCUT2D eigenvalue weighted by atomic mass is 32.2. The van der Waals surface area contributed by atoms with Crippen molar-refractivity contribution < 1.29 is 8.81 Å². The Kier molecular flexibility index (Phi) is 5.14. The standard InChI is InChI=1S/C16H17FN4O2S/c1-2-3-8-21-15(22)19-20-16(21)24-10-14-18-9-13(23-14)11-4-6-12(17)7-5-11/h4-7,9H,2-3,8,10H2,1H3,(H,19,22). The molecule has 0 radical (unpaired) electrons. The van der Waals surface area contributed by atoms with Crippen molar-refractivity contribution in [2.24, 2.45) is 0 Å². The number of rotatable bonds is 7. The Morgan fingerprint density at radius 1 is 1.33 bits per heavy atom. The number of aromatic nitrogens is 4. The molecular weight excluding hydrogens is 331 g/mol. The molecule has 0 aliphatic heterocycles. The van der Waals surface area contributed by atoms with Crippen molar-refractivity contribution in [1.82, 2.24) is 19.7 Å². The summed E-state index contributed by atoms with van der Waals surface area (Å²) >= 11 is 1.39. The Morgan fingerprint density at radius 3 is 2.88 bits per heavy atom. The average Bonchev–Trinajstić information content (AvgIpc) is 3.19. The second-order valence-corrected chi connectivity index (χ2v) is 6.17. The van der Waals surface area contributed by atoms with Crippen LogP contribution in [0.3, 0.4) is 0 Å². The minimum atomic E-state index is -0.294. The third kappa shape index (κ3) is 3.76. The summed E-state index contributed by atoms with van der Waals surface area (Å²) < 4.78 is 20.3. The zero-order valence-corrected chi connectivity index (χ0v) is 14.0. The predicted molar refractivity (Wildman–Crippen MR) is 89.2 cm³/mol. The van der Waals surface area contributed by atoms with Crippen LogP contribution in [0.4, 0.5) is 4.39 Å². The van der Waals surface area contributed by atoms with Crippen LogP contribution >= 0.6 is 11.8 Å². The van der Waals surface area contributed by atoms with Crippen LogP contribution in [0.2, 0.25) is 0 Å². The van der Waals surface area contributed by atoms with Crippen LogP contribution in [0, 0.1) is 5.82 Å². The number of nitrogens with one attached hydrogen (secondary N) is 1. The van der Waals surface area contributed by atoms with Gasteiger partial charge in [-0.1, -0.05) is 25.1 Å². The van der Waals surface area contributed by atoms with Crippen molar-refractivity contribution in [2.45, 2.75) is 37.2 Å². The van der Waals surface area contributed by atoms with Crippen LogP contribution < -0.4 is 5.69 Å². The maximum absolute atomic E-state index is 13.0. The number of aromatic amines is 1. The van der Waals surface area contributed by atoms with Gasteiger partial charge in [0.15, 0.2) is 10.9 Å². The maximum Gasteiger partial charge on any atom is 0.343 e. The van der Waals surface area contributed by atoms with Crippen molar-refractivity contribution >= 4 is 11.8 Å². The van der Waals surface area contributed by atoms with Gasteiger partial charge in [0.05, 0.1) is 11.9 Å². The molecule has 0 aliphatic rings. The first kappa shape index (κ1) is 16.5. The number of nitrogens with zero attached hydrogens (tertiary/aromatic N) is 3. The van der Waals surface area contributed by atoms with E-state index in [1.54, 1.807) is 22.9 Å². The lowest BCUT2D eigenvalue weighted by molar-refractivity contribution is 0.528. The second-order valence-electron chi connectivity index (χ2n) is 5.23. The highest BCUT2D eigenvalue weighted by Crippen LogP contribution is 2.24. The minimum Gasteiger partial charge on any atom is -0.440 e. The van der Waals surface area contributed by atoms with E-state index in [4.69, 9.17) is 4.42 Å². The number of thioether (sulfide) groups is 1. The van der Waals surface area contributed by atoms with Gasteiger partial charge >= 0.3 is 5.69 Å². The molecule has 0 fully saturated rings. The number of benzene rings is 1. The van der Waals surface area contributed by atoms with Crippen molar-refractivity contribution in [2.75, 3.05) is 0 Å². The molecular formula is C16H17FN4O2S. The van der Waals surface area contributed by atoms with Gasteiger partial charge in [-0.15, -0.1) is 5.10 Å². The second kappa shape index (κ2) is 7.48. The van der Waals surface area contributed by atoms with Gasteiger partial charge in [-0.3, -0.25) is 4.57 Å². The van der Waals surface area contributed by atoms with Crippen LogP contribution in [-0.4, -0.2) is 19.7 Å². The fourth-order valence-corrected chi connectivity index (χ4v) is 3.00. The van der Waals surface area contributed by atoms with Crippen molar-refractivity contribution in [1.29, 1.82) is 0 Å². The number of halogens is 1.